The van der Waals surface area contributed by atoms with E-state index in [0.717, 1.165) is 27.4 Å². The van der Waals surface area contributed by atoms with Crippen molar-refractivity contribution in [3.63, 3.8) is 0 Å². The van der Waals surface area contributed by atoms with Crippen LogP contribution in [0, 0.1) is 6.92 Å². The molecule has 0 bridgehead atoms. The first kappa shape index (κ1) is 16.2. The van der Waals surface area contributed by atoms with E-state index in [1.165, 1.54) is 11.3 Å². The van der Waals surface area contributed by atoms with Gasteiger partial charge in [0.05, 0.1) is 41.4 Å². The number of H-pyrrole nitrogens is 1. The molecule has 0 aliphatic heterocycles. The fourth-order valence-electron chi connectivity index (χ4n) is 2.27. The number of aliphatic imine (C=N–C) groups is 1. The molecule has 0 unspecified atom stereocenters. The number of rotatable bonds is 5. The molecule has 124 valence electrons. The summed E-state index contributed by atoms with van der Waals surface area (Å²) in [6.07, 6.45) is 1.66. The Bertz CT molecular complexity index is 911. The van der Waals surface area contributed by atoms with Gasteiger partial charge in [-0.15, -0.1) is 0 Å². The van der Waals surface area contributed by atoms with Crippen LogP contribution in [0.2, 0.25) is 0 Å². The molecule has 3 aromatic rings. The second-order valence-corrected chi connectivity index (χ2v) is 6.08. The minimum Gasteiger partial charge on any atom is -0.497 e. The summed E-state index contributed by atoms with van der Waals surface area (Å²) in [5.41, 5.74) is 2.88. The Balaban J connectivity index is 1.83. The fourth-order valence-corrected chi connectivity index (χ4v) is 3.11. The lowest BCUT2D eigenvalue weighted by molar-refractivity contribution is 0.0525. The zero-order valence-electron chi connectivity index (χ0n) is 13.6. The van der Waals surface area contributed by atoms with Gasteiger partial charge in [0, 0.05) is 5.69 Å². The molecule has 0 atom stereocenters. The van der Waals surface area contributed by atoms with Crippen LogP contribution in [-0.4, -0.2) is 35.9 Å². The predicted molar refractivity (Wildman–Crippen MR) is 94.9 cm³/mol. The van der Waals surface area contributed by atoms with Crippen molar-refractivity contribution in [1.82, 2.24) is 9.97 Å². The van der Waals surface area contributed by atoms with Gasteiger partial charge in [0.1, 0.15) is 5.75 Å². The Kier molecular flexibility index (Phi) is 4.61. The lowest BCUT2D eigenvalue weighted by Crippen LogP contribution is -2.04. The third-order valence-corrected chi connectivity index (χ3v) is 4.36. The summed E-state index contributed by atoms with van der Waals surface area (Å²) in [6, 6.07) is 7.44. The molecule has 1 aromatic carbocycles. The standard InChI is InChI=1S/C17H17N3O3S/c1-4-23-16(21)13-7-11(19-10(13)2)9-18-17-20-14-6-5-12(22-3)8-15(14)24-17/h5-9,19H,4H2,1-3H3. The molecule has 1 N–H and O–H groups in total. The average Bonchev–Trinajstić information content (AvgIpc) is 3.15. The minimum absolute atomic E-state index is 0.335. The molecule has 7 heteroatoms. The number of fused-ring (bicyclic) bond motifs is 1. The number of aromatic amines is 1. The molecule has 0 amide bonds. The number of esters is 1. The van der Waals surface area contributed by atoms with Crippen LogP contribution in [0.5, 0.6) is 5.75 Å². The lowest BCUT2D eigenvalue weighted by Gasteiger charge is -1.98. The Morgan fingerprint density at radius 1 is 1.42 bits per heavy atom. The number of carbonyl (C=O) groups excluding carboxylic acids is 1. The molecule has 2 heterocycles. The first-order valence-corrected chi connectivity index (χ1v) is 8.27. The number of methoxy groups -OCH3 is 1. The molecule has 0 aliphatic rings. The Labute approximate surface area is 143 Å². The summed E-state index contributed by atoms with van der Waals surface area (Å²) in [5, 5.41) is 0.642. The highest BCUT2D eigenvalue weighted by Crippen LogP contribution is 2.30. The zero-order valence-corrected chi connectivity index (χ0v) is 14.4. The Morgan fingerprint density at radius 3 is 3.00 bits per heavy atom. The van der Waals surface area contributed by atoms with Crippen molar-refractivity contribution >= 4 is 38.9 Å². The molecular weight excluding hydrogens is 326 g/mol. The smallest absolute Gasteiger partial charge is 0.339 e. The topological polar surface area (TPSA) is 76.6 Å². The van der Waals surface area contributed by atoms with E-state index in [1.54, 1.807) is 26.3 Å². The number of hydrogen-bond acceptors (Lipinski definition) is 6. The van der Waals surface area contributed by atoms with Crippen LogP contribution in [0.3, 0.4) is 0 Å². The summed E-state index contributed by atoms with van der Waals surface area (Å²) in [7, 11) is 1.63. The van der Waals surface area contributed by atoms with E-state index in [1.807, 2.05) is 25.1 Å². The van der Waals surface area contributed by atoms with Crippen molar-refractivity contribution in [1.29, 1.82) is 0 Å². The highest BCUT2D eigenvalue weighted by Gasteiger charge is 2.13. The maximum atomic E-state index is 11.8. The van der Waals surface area contributed by atoms with Crippen molar-refractivity contribution in [2.45, 2.75) is 13.8 Å². The number of hydrogen-bond donors (Lipinski definition) is 1. The number of aromatic nitrogens is 2. The third kappa shape index (κ3) is 3.30. The van der Waals surface area contributed by atoms with E-state index in [0.29, 0.717) is 17.3 Å². The van der Waals surface area contributed by atoms with Gasteiger partial charge in [0.2, 0.25) is 5.13 Å². The van der Waals surface area contributed by atoms with Gasteiger partial charge in [0.25, 0.3) is 0 Å². The quantitative estimate of drug-likeness (QED) is 0.563. The van der Waals surface area contributed by atoms with Gasteiger partial charge >= 0.3 is 5.97 Å². The van der Waals surface area contributed by atoms with Crippen LogP contribution in [0.15, 0.2) is 29.3 Å². The molecule has 24 heavy (non-hydrogen) atoms. The molecule has 0 saturated carbocycles. The van der Waals surface area contributed by atoms with Crippen molar-refractivity contribution in [3.05, 3.63) is 41.2 Å². The number of aryl methyl sites for hydroxylation is 1. The Hall–Kier alpha value is -2.67. The summed E-state index contributed by atoms with van der Waals surface area (Å²) in [6.45, 7) is 3.96. The monoisotopic (exact) mass is 343 g/mol. The van der Waals surface area contributed by atoms with Gasteiger partial charge in [0.15, 0.2) is 0 Å². The van der Waals surface area contributed by atoms with E-state index < -0.39 is 0 Å². The molecule has 0 aliphatic carbocycles. The molecule has 3 rings (SSSR count). The van der Waals surface area contributed by atoms with Crippen LogP contribution >= 0.6 is 11.3 Å². The summed E-state index contributed by atoms with van der Waals surface area (Å²) in [5.74, 6) is 0.457. The van der Waals surface area contributed by atoms with Crippen molar-refractivity contribution in [2.75, 3.05) is 13.7 Å². The first-order valence-electron chi connectivity index (χ1n) is 7.46. The first-order chi connectivity index (χ1) is 11.6. The molecule has 6 nitrogen and oxygen atoms in total. The van der Waals surface area contributed by atoms with Crippen LogP contribution < -0.4 is 4.74 Å². The van der Waals surface area contributed by atoms with Gasteiger partial charge in [-0.3, -0.25) is 0 Å². The average molecular weight is 343 g/mol. The number of nitrogens with zero attached hydrogens (tertiary/aromatic N) is 2. The van der Waals surface area contributed by atoms with E-state index >= 15 is 0 Å². The van der Waals surface area contributed by atoms with E-state index in [9.17, 15) is 4.79 Å². The van der Waals surface area contributed by atoms with Crippen molar-refractivity contribution in [3.8, 4) is 5.75 Å². The molecule has 0 radical (unpaired) electrons. The molecule has 0 fully saturated rings. The summed E-state index contributed by atoms with van der Waals surface area (Å²) in [4.78, 5) is 23.8. The van der Waals surface area contributed by atoms with Crippen LogP contribution in [0.4, 0.5) is 5.13 Å². The minimum atomic E-state index is -0.335. The van der Waals surface area contributed by atoms with Crippen LogP contribution in [0.25, 0.3) is 10.2 Å². The molecule has 2 aromatic heterocycles. The number of ether oxygens (including phenoxy) is 2. The van der Waals surface area contributed by atoms with E-state index in [-0.39, 0.29) is 5.97 Å². The SMILES string of the molecule is CCOC(=O)c1cc(C=Nc2nc3ccc(OC)cc3s2)[nH]c1C. The highest BCUT2D eigenvalue weighted by molar-refractivity contribution is 7.22. The maximum Gasteiger partial charge on any atom is 0.339 e. The second kappa shape index (κ2) is 6.84. The largest absolute Gasteiger partial charge is 0.497 e. The van der Waals surface area contributed by atoms with E-state index in [4.69, 9.17) is 9.47 Å². The van der Waals surface area contributed by atoms with Gasteiger partial charge < -0.3 is 14.5 Å². The summed E-state index contributed by atoms with van der Waals surface area (Å²) < 4.78 is 11.2. The molecule has 0 saturated heterocycles. The number of carbonyl (C=O) groups is 1. The van der Waals surface area contributed by atoms with Gasteiger partial charge in [-0.05, 0) is 38.1 Å². The van der Waals surface area contributed by atoms with Crippen LogP contribution in [0.1, 0.15) is 28.7 Å². The predicted octanol–water partition coefficient (Wildman–Crippen LogP) is 3.87. The number of nitrogens with one attached hydrogen (secondary N) is 1. The van der Waals surface area contributed by atoms with E-state index in [2.05, 4.69) is 15.0 Å². The number of thiazole rings is 1. The van der Waals surface area contributed by atoms with Gasteiger partial charge in [-0.1, -0.05) is 11.3 Å². The van der Waals surface area contributed by atoms with Crippen LogP contribution in [-0.2, 0) is 4.74 Å². The summed E-state index contributed by atoms with van der Waals surface area (Å²) >= 11 is 1.48. The lowest BCUT2D eigenvalue weighted by atomic mass is 10.2. The van der Waals surface area contributed by atoms with Crippen molar-refractivity contribution in [2.24, 2.45) is 4.99 Å². The van der Waals surface area contributed by atoms with Gasteiger partial charge in [-0.2, -0.15) is 0 Å². The second-order valence-electron chi connectivity index (χ2n) is 5.07. The number of benzene rings is 1. The fraction of sp³-hybridized carbons (Fsp3) is 0.235. The Morgan fingerprint density at radius 2 is 2.25 bits per heavy atom. The normalized spacial score (nSPS) is 11.3. The third-order valence-electron chi connectivity index (χ3n) is 3.43. The molecular formula is C17H17N3O3S. The maximum absolute atomic E-state index is 11.8. The van der Waals surface area contributed by atoms with Gasteiger partial charge in [-0.25, -0.2) is 14.8 Å². The highest BCUT2D eigenvalue weighted by atomic mass is 32.1. The van der Waals surface area contributed by atoms with Crippen molar-refractivity contribution < 1.29 is 14.3 Å². The zero-order chi connectivity index (χ0) is 17.1. The molecule has 0 spiro atoms.